The fraction of sp³-hybridized carbons (Fsp3) is 0.300. The van der Waals surface area contributed by atoms with Gasteiger partial charge in [0.05, 0.1) is 5.69 Å². The van der Waals surface area contributed by atoms with Crippen molar-refractivity contribution in [1.82, 2.24) is 0 Å². The Labute approximate surface area is 86.9 Å². The van der Waals surface area contributed by atoms with Crippen LogP contribution in [0.1, 0.15) is 11.1 Å². The number of nitrogens with zero attached hydrogens (tertiary/aromatic N) is 1. The van der Waals surface area contributed by atoms with Gasteiger partial charge in [0.2, 0.25) is 0 Å². The van der Waals surface area contributed by atoms with E-state index in [9.17, 15) is 4.79 Å². The van der Waals surface area contributed by atoms with Crippen LogP contribution in [-0.2, 0) is 12.3 Å². The van der Waals surface area contributed by atoms with Gasteiger partial charge in [-0.25, -0.2) is 4.79 Å². The summed E-state index contributed by atoms with van der Waals surface area (Å²) in [5, 5.41) is 8.92. The van der Waals surface area contributed by atoms with E-state index in [0.29, 0.717) is 12.4 Å². The molecule has 1 amide bonds. The predicted octanol–water partition coefficient (Wildman–Crippen LogP) is 2.47. The van der Waals surface area contributed by atoms with Crippen LogP contribution in [0, 0.1) is 0 Å². The Bertz CT molecular complexity index is 378. The SMILES string of the molecule is O=C(O)N1CCc2c(CCl)cccc21. The van der Waals surface area contributed by atoms with Crippen LogP contribution in [0.2, 0.25) is 0 Å². The molecule has 1 aliphatic heterocycles. The molecule has 1 N–H and O–H groups in total. The maximum absolute atomic E-state index is 10.9. The number of rotatable bonds is 1. The van der Waals surface area contributed by atoms with Gasteiger partial charge in [0, 0.05) is 12.4 Å². The summed E-state index contributed by atoms with van der Waals surface area (Å²) in [5.74, 6) is 0.441. The standard InChI is InChI=1S/C10H10ClNO2/c11-6-7-2-1-3-9-8(7)4-5-12(9)10(13)14/h1-3H,4-6H2,(H,13,14). The van der Waals surface area contributed by atoms with E-state index in [1.54, 1.807) is 0 Å². The van der Waals surface area contributed by atoms with Crippen LogP contribution in [0.4, 0.5) is 10.5 Å². The lowest BCUT2D eigenvalue weighted by atomic mass is 10.1. The number of halogens is 1. The van der Waals surface area contributed by atoms with Gasteiger partial charge < -0.3 is 5.11 Å². The predicted molar refractivity (Wildman–Crippen MR) is 55.1 cm³/mol. The second kappa shape index (κ2) is 3.50. The highest BCUT2D eigenvalue weighted by molar-refractivity contribution is 6.17. The van der Waals surface area contributed by atoms with E-state index in [1.807, 2.05) is 18.2 Å². The van der Waals surface area contributed by atoms with Gasteiger partial charge in [-0.1, -0.05) is 12.1 Å². The molecule has 2 rings (SSSR count). The monoisotopic (exact) mass is 211 g/mol. The van der Waals surface area contributed by atoms with E-state index >= 15 is 0 Å². The smallest absolute Gasteiger partial charge is 0.411 e. The molecule has 3 nitrogen and oxygen atoms in total. The first-order chi connectivity index (χ1) is 6.74. The number of alkyl halides is 1. The minimum Gasteiger partial charge on any atom is -0.465 e. The van der Waals surface area contributed by atoms with Crippen LogP contribution in [0.25, 0.3) is 0 Å². The van der Waals surface area contributed by atoms with Crippen LogP contribution < -0.4 is 4.90 Å². The molecule has 0 saturated heterocycles. The molecule has 1 aromatic rings. The van der Waals surface area contributed by atoms with Gasteiger partial charge in [0.1, 0.15) is 0 Å². The summed E-state index contributed by atoms with van der Waals surface area (Å²) in [6.07, 6.45) is -0.125. The van der Waals surface area contributed by atoms with Gasteiger partial charge in [0.25, 0.3) is 0 Å². The molecule has 1 heterocycles. The van der Waals surface area contributed by atoms with Gasteiger partial charge in [-0.05, 0) is 23.6 Å². The molecule has 0 aliphatic carbocycles. The van der Waals surface area contributed by atoms with Gasteiger partial charge in [-0.2, -0.15) is 0 Å². The molecule has 0 radical (unpaired) electrons. The minimum atomic E-state index is -0.893. The van der Waals surface area contributed by atoms with Gasteiger partial charge in [0.15, 0.2) is 0 Å². The lowest BCUT2D eigenvalue weighted by molar-refractivity contribution is 0.202. The van der Waals surface area contributed by atoms with Crippen molar-refractivity contribution < 1.29 is 9.90 Å². The molecule has 0 atom stereocenters. The number of carboxylic acid groups (broad SMARTS) is 1. The first-order valence-electron chi connectivity index (χ1n) is 4.41. The van der Waals surface area contributed by atoms with Crippen LogP contribution in [0.15, 0.2) is 18.2 Å². The maximum atomic E-state index is 10.9. The zero-order valence-corrected chi connectivity index (χ0v) is 8.29. The fourth-order valence-corrected chi connectivity index (χ4v) is 2.08. The Balaban J connectivity index is 2.46. The van der Waals surface area contributed by atoms with E-state index in [2.05, 4.69) is 0 Å². The van der Waals surface area contributed by atoms with Crippen molar-refractivity contribution in [3.05, 3.63) is 29.3 Å². The van der Waals surface area contributed by atoms with Crippen molar-refractivity contribution in [2.75, 3.05) is 11.4 Å². The summed E-state index contributed by atoms with van der Waals surface area (Å²) in [5.41, 5.74) is 2.90. The summed E-state index contributed by atoms with van der Waals surface area (Å²) in [7, 11) is 0. The molecular formula is C10H10ClNO2. The molecule has 0 unspecified atom stereocenters. The summed E-state index contributed by atoms with van der Waals surface area (Å²) < 4.78 is 0. The first-order valence-corrected chi connectivity index (χ1v) is 4.94. The zero-order valence-electron chi connectivity index (χ0n) is 7.53. The van der Waals surface area contributed by atoms with Crippen LogP contribution in [-0.4, -0.2) is 17.7 Å². The molecule has 0 spiro atoms. The van der Waals surface area contributed by atoms with Gasteiger partial charge in [-0.3, -0.25) is 4.90 Å². The lowest BCUT2D eigenvalue weighted by Crippen LogP contribution is -2.26. The van der Waals surface area contributed by atoms with Crippen molar-refractivity contribution in [2.24, 2.45) is 0 Å². The average molecular weight is 212 g/mol. The summed E-state index contributed by atoms with van der Waals surface area (Å²) in [4.78, 5) is 12.2. The quantitative estimate of drug-likeness (QED) is 0.725. The molecule has 0 bridgehead atoms. The van der Waals surface area contributed by atoms with E-state index in [0.717, 1.165) is 23.2 Å². The summed E-state index contributed by atoms with van der Waals surface area (Å²) >= 11 is 5.77. The molecular weight excluding hydrogens is 202 g/mol. The Morgan fingerprint density at radius 3 is 3.00 bits per heavy atom. The minimum absolute atomic E-state index is 0.441. The van der Waals surface area contributed by atoms with Crippen molar-refractivity contribution in [3.63, 3.8) is 0 Å². The lowest BCUT2D eigenvalue weighted by Gasteiger charge is -2.12. The number of carbonyl (C=O) groups is 1. The highest BCUT2D eigenvalue weighted by atomic mass is 35.5. The third-order valence-corrected chi connectivity index (χ3v) is 2.79. The molecule has 0 fully saturated rings. The zero-order chi connectivity index (χ0) is 10.1. The average Bonchev–Trinajstić information content (AvgIpc) is 2.60. The number of benzene rings is 1. The normalized spacial score (nSPS) is 14.2. The second-order valence-corrected chi connectivity index (χ2v) is 3.50. The molecule has 4 heteroatoms. The van der Waals surface area contributed by atoms with Crippen molar-refractivity contribution in [1.29, 1.82) is 0 Å². The molecule has 1 aliphatic rings. The Kier molecular flexibility index (Phi) is 2.33. The Morgan fingerprint density at radius 1 is 1.57 bits per heavy atom. The highest BCUT2D eigenvalue weighted by Crippen LogP contribution is 2.31. The van der Waals surface area contributed by atoms with E-state index in [1.165, 1.54) is 4.90 Å². The first kappa shape index (κ1) is 9.34. The molecule has 1 aromatic carbocycles. The number of hydrogen-bond acceptors (Lipinski definition) is 1. The number of fused-ring (bicyclic) bond motifs is 1. The van der Waals surface area contributed by atoms with Crippen molar-refractivity contribution in [3.8, 4) is 0 Å². The number of anilines is 1. The fourth-order valence-electron chi connectivity index (χ4n) is 1.83. The summed E-state index contributed by atoms with van der Waals surface area (Å²) in [6, 6.07) is 5.61. The maximum Gasteiger partial charge on any atom is 0.411 e. The van der Waals surface area contributed by atoms with E-state index < -0.39 is 6.09 Å². The third kappa shape index (κ3) is 1.34. The Hall–Kier alpha value is -1.22. The summed E-state index contributed by atoms with van der Waals surface area (Å²) in [6.45, 7) is 0.540. The van der Waals surface area contributed by atoms with Crippen LogP contribution in [0.3, 0.4) is 0 Å². The molecule has 14 heavy (non-hydrogen) atoms. The van der Waals surface area contributed by atoms with E-state index in [4.69, 9.17) is 16.7 Å². The van der Waals surface area contributed by atoms with Gasteiger partial charge >= 0.3 is 6.09 Å². The Morgan fingerprint density at radius 2 is 2.36 bits per heavy atom. The number of hydrogen-bond donors (Lipinski definition) is 1. The third-order valence-electron chi connectivity index (χ3n) is 2.50. The molecule has 0 aromatic heterocycles. The van der Waals surface area contributed by atoms with Gasteiger partial charge in [-0.15, -0.1) is 11.6 Å². The largest absolute Gasteiger partial charge is 0.465 e. The van der Waals surface area contributed by atoms with Crippen molar-refractivity contribution in [2.45, 2.75) is 12.3 Å². The number of amides is 1. The van der Waals surface area contributed by atoms with Crippen LogP contribution >= 0.6 is 11.6 Å². The topological polar surface area (TPSA) is 40.5 Å². The molecule has 74 valence electrons. The van der Waals surface area contributed by atoms with E-state index in [-0.39, 0.29) is 0 Å². The highest BCUT2D eigenvalue weighted by Gasteiger charge is 2.25. The van der Waals surface area contributed by atoms with Crippen molar-refractivity contribution >= 4 is 23.4 Å². The second-order valence-electron chi connectivity index (χ2n) is 3.23. The molecule has 0 saturated carbocycles. The van der Waals surface area contributed by atoms with Crippen LogP contribution in [0.5, 0.6) is 0 Å².